The van der Waals surface area contributed by atoms with Crippen LogP contribution in [-0.4, -0.2) is 11.4 Å². The third-order valence-electron chi connectivity index (χ3n) is 3.02. The zero-order chi connectivity index (χ0) is 11.4. The zero-order valence-electron chi connectivity index (χ0n) is 9.79. The molecule has 0 heterocycles. The first kappa shape index (κ1) is 11.1. The van der Waals surface area contributed by atoms with E-state index in [0.29, 0.717) is 5.71 Å². The highest BCUT2D eigenvalue weighted by molar-refractivity contribution is 6.02. The van der Waals surface area contributed by atoms with Gasteiger partial charge in [-0.2, -0.15) is 0 Å². The minimum atomic E-state index is 0.593. The third kappa shape index (κ3) is 2.57. The van der Waals surface area contributed by atoms with Gasteiger partial charge < -0.3 is 5.41 Å². The van der Waals surface area contributed by atoms with Crippen LogP contribution in [0.2, 0.25) is 0 Å². The van der Waals surface area contributed by atoms with Crippen LogP contribution in [0, 0.1) is 5.41 Å². The minimum absolute atomic E-state index is 0.593. The molecule has 84 valence electrons. The maximum atomic E-state index is 7.72. The number of aliphatic imine (C=N–C) groups is 1. The van der Waals surface area contributed by atoms with Gasteiger partial charge in [-0.25, -0.2) is 0 Å². The van der Waals surface area contributed by atoms with Crippen LogP contribution in [0.15, 0.2) is 29.3 Å². The Morgan fingerprint density at radius 2 is 1.81 bits per heavy atom. The molecule has 0 atom stereocenters. The van der Waals surface area contributed by atoms with Crippen LogP contribution in [-0.2, 0) is 0 Å². The predicted octanol–water partition coefficient (Wildman–Crippen LogP) is 4.11. The molecule has 1 fully saturated rings. The second-order valence-electron chi connectivity index (χ2n) is 4.38. The number of para-hydroxylation sites is 1. The minimum Gasteiger partial charge on any atom is -0.305 e. The number of nitrogens with one attached hydrogen (secondary N) is 1. The van der Waals surface area contributed by atoms with Crippen LogP contribution in [0.4, 0.5) is 5.69 Å². The Hall–Kier alpha value is -1.44. The molecule has 1 aromatic rings. The van der Waals surface area contributed by atoms with Gasteiger partial charge >= 0.3 is 0 Å². The van der Waals surface area contributed by atoms with E-state index in [1.807, 2.05) is 31.2 Å². The van der Waals surface area contributed by atoms with Crippen molar-refractivity contribution in [3.05, 3.63) is 29.8 Å². The second-order valence-corrected chi connectivity index (χ2v) is 4.38. The van der Waals surface area contributed by atoms with Crippen molar-refractivity contribution in [3.63, 3.8) is 0 Å². The first-order chi connectivity index (χ1) is 7.77. The van der Waals surface area contributed by atoms with E-state index in [-0.39, 0.29) is 0 Å². The van der Waals surface area contributed by atoms with Crippen LogP contribution in [0.3, 0.4) is 0 Å². The lowest BCUT2D eigenvalue weighted by Gasteiger charge is -2.13. The summed E-state index contributed by atoms with van der Waals surface area (Å²) in [5.74, 6) is 0. The number of benzene rings is 1. The van der Waals surface area contributed by atoms with Crippen molar-refractivity contribution in [2.75, 3.05) is 0 Å². The highest BCUT2D eigenvalue weighted by Gasteiger charge is 2.08. The first-order valence-corrected chi connectivity index (χ1v) is 5.98. The van der Waals surface area contributed by atoms with Gasteiger partial charge in [0.2, 0.25) is 0 Å². The van der Waals surface area contributed by atoms with E-state index < -0.39 is 0 Å². The molecule has 1 saturated carbocycles. The summed E-state index contributed by atoms with van der Waals surface area (Å²) in [4.78, 5) is 4.72. The van der Waals surface area contributed by atoms with E-state index in [2.05, 4.69) is 0 Å². The SMILES string of the molecule is CC(=N)c1ccccc1N=C1CCCCC1. The first-order valence-electron chi connectivity index (χ1n) is 5.98. The van der Waals surface area contributed by atoms with Crippen molar-refractivity contribution in [2.24, 2.45) is 4.99 Å². The van der Waals surface area contributed by atoms with Gasteiger partial charge in [0.1, 0.15) is 0 Å². The average molecular weight is 214 g/mol. The van der Waals surface area contributed by atoms with Gasteiger partial charge in [0.05, 0.1) is 5.69 Å². The van der Waals surface area contributed by atoms with Gasteiger partial charge in [0.15, 0.2) is 0 Å². The summed E-state index contributed by atoms with van der Waals surface area (Å²) in [7, 11) is 0. The lowest BCUT2D eigenvalue weighted by atomic mass is 9.98. The Kier molecular flexibility index (Phi) is 3.50. The number of hydrogen-bond donors (Lipinski definition) is 1. The quantitative estimate of drug-likeness (QED) is 0.719. The molecular formula is C14H18N2. The van der Waals surface area contributed by atoms with E-state index in [1.54, 1.807) is 0 Å². The topological polar surface area (TPSA) is 36.2 Å². The number of rotatable bonds is 2. The maximum absolute atomic E-state index is 7.72. The average Bonchev–Trinajstić information content (AvgIpc) is 2.31. The van der Waals surface area contributed by atoms with Gasteiger partial charge in [-0.3, -0.25) is 4.99 Å². The van der Waals surface area contributed by atoms with E-state index in [1.165, 1.54) is 25.0 Å². The van der Waals surface area contributed by atoms with Crippen molar-refractivity contribution in [2.45, 2.75) is 39.0 Å². The summed E-state index contributed by atoms with van der Waals surface area (Å²) < 4.78 is 0. The molecule has 16 heavy (non-hydrogen) atoms. The highest BCUT2D eigenvalue weighted by Crippen LogP contribution is 2.23. The Balaban J connectivity index is 2.29. The molecule has 1 N–H and O–H groups in total. The van der Waals surface area contributed by atoms with Gasteiger partial charge in [-0.1, -0.05) is 24.6 Å². The molecule has 0 aromatic heterocycles. The fourth-order valence-electron chi connectivity index (χ4n) is 2.13. The Morgan fingerprint density at radius 3 is 2.50 bits per heavy atom. The monoisotopic (exact) mass is 214 g/mol. The van der Waals surface area contributed by atoms with Crippen molar-refractivity contribution in [3.8, 4) is 0 Å². The molecule has 0 aliphatic heterocycles. The lowest BCUT2D eigenvalue weighted by Crippen LogP contribution is -2.04. The zero-order valence-corrected chi connectivity index (χ0v) is 9.79. The van der Waals surface area contributed by atoms with Gasteiger partial charge in [0.25, 0.3) is 0 Å². The Morgan fingerprint density at radius 1 is 1.12 bits per heavy atom. The maximum Gasteiger partial charge on any atom is 0.0719 e. The van der Waals surface area contributed by atoms with E-state index in [4.69, 9.17) is 10.4 Å². The third-order valence-corrected chi connectivity index (χ3v) is 3.02. The molecule has 0 amide bonds. The number of nitrogens with zero attached hydrogens (tertiary/aromatic N) is 1. The molecule has 0 unspecified atom stereocenters. The summed E-state index contributed by atoms with van der Waals surface area (Å²) >= 11 is 0. The van der Waals surface area contributed by atoms with Crippen molar-refractivity contribution in [1.29, 1.82) is 5.41 Å². The summed E-state index contributed by atoms with van der Waals surface area (Å²) in [5.41, 5.74) is 3.82. The van der Waals surface area contributed by atoms with E-state index in [0.717, 1.165) is 24.1 Å². The van der Waals surface area contributed by atoms with Gasteiger partial charge in [-0.05, 0) is 38.7 Å². The van der Waals surface area contributed by atoms with Crippen LogP contribution in [0.5, 0.6) is 0 Å². The van der Waals surface area contributed by atoms with E-state index in [9.17, 15) is 0 Å². The van der Waals surface area contributed by atoms with Gasteiger partial charge in [0, 0.05) is 17.0 Å². The molecular weight excluding hydrogens is 196 g/mol. The van der Waals surface area contributed by atoms with Crippen LogP contribution >= 0.6 is 0 Å². The van der Waals surface area contributed by atoms with Crippen LogP contribution in [0.25, 0.3) is 0 Å². The fourth-order valence-corrected chi connectivity index (χ4v) is 2.13. The standard InChI is InChI=1S/C14H18N2/c1-11(15)13-9-5-6-10-14(13)16-12-7-3-2-4-8-12/h5-6,9-10,15H,2-4,7-8H2,1H3. The Bertz CT molecular complexity index is 410. The Labute approximate surface area is 96.9 Å². The molecule has 0 radical (unpaired) electrons. The summed E-state index contributed by atoms with van der Waals surface area (Å²) in [6.07, 6.45) is 6.14. The van der Waals surface area contributed by atoms with Gasteiger partial charge in [-0.15, -0.1) is 0 Å². The van der Waals surface area contributed by atoms with Crippen LogP contribution in [0.1, 0.15) is 44.6 Å². The molecule has 1 aliphatic carbocycles. The van der Waals surface area contributed by atoms with Crippen molar-refractivity contribution >= 4 is 17.1 Å². The molecule has 1 aromatic carbocycles. The summed E-state index contributed by atoms with van der Waals surface area (Å²) in [5, 5.41) is 7.72. The predicted molar refractivity (Wildman–Crippen MR) is 69.1 cm³/mol. The molecule has 2 rings (SSSR count). The molecule has 2 nitrogen and oxygen atoms in total. The molecule has 0 spiro atoms. The molecule has 2 heteroatoms. The largest absolute Gasteiger partial charge is 0.305 e. The summed E-state index contributed by atoms with van der Waals surface area (Å²) in [6, 6.07) is 7.95. The normalized spacial score (nSPS) is 15.9. The van der Waals surface area contributed by atoms with E-state index >= 15 is 0 Å². The number of hydrogen-bond acceptors (Lipinski definition) is 2. The highest BCUT2D eigenvalue weighted by atomic mass is 14.8. The van der Waals surface area contributed by atoms with Crippen LogP contribution < -0.4 is 0 Å². The fraction of sp³-hybridized carbons (Fsp3) is 0.429. The molecule has 0 bridgehead atoms. The van der Waals surface area contributed by atoms with Crippen molar-refractivity contribution < 1.29 is 0 Å². The van der Waals surface area contributed by atoms with Crippen molar-refractivity contribution in [1.82, 2.24) is 0 Å². The molecule has 1 aliphatic rings. The molecule has 0 saturated heterocycles. The second kappa shape index (κ2) is 5.06. The summed E-state index contributed by atoms with van der Waals surface area (Å²) in [6.45, 7) is 1.82. The lowest BCUT2D eigenvalue weighted by molar-refractivity contribution is 0.667. The smallest absolute Gasteiger partial charge is 0.0719 e.